The predicted octanol–water partition coefficient (Wildman–Crippen LogP) is 2.45. The van der Waals surface area contributed by atoms with Crippen molar-refractivity contribution in [2.24, 2.45) is 23.7 Å². The molecule has 1 aromatic rings. The molecule has 6 heteroatoms. The number of rotatable bonds is 6. The van der Waals surface area contributed by atoms with Gasteiger partial charge in [-0.05, 0) is 62.1 Å². The minimum atomic E-state index is -0.571. The van der Waals surface area contributed by atoms with Crippen LogP contribution in [-0.2, 0) is 19.1 Å². The molecule has 0 radical (unpaired) electrons. The van der Waals surface area contributed by atoms with Crippen molar-refractivity contribution in [3.8, 4) is 0 Å². The van der Waals surface area contributed by atoms with Gasteiger partial charge in [0.2, 0.25) is 11.8 Å². The minimum absolute atomic E-state index is 0.0424. The van der Waals surface area contributed by atoms with E-state index >= 15 is 0 Å². The maximum absolute atomic E-state index is 12.6. The fraction of sp³-hybridized carbons (Fsp3) is 0.545. The zero-order valence-corrected chi connectivity index (χ0v) is 16.3. The number of ketones is 1. The number of carbonyl (C=O) groups excluding carboxylic acids is 4. The Labute approximate surface area is 164 Å². The number of imide groups is 1. The summed E-state index contributed by atoms with van der Waals surface area (Å²) in [6.07, 6.45) is 2.97. The van der Waals surface area contributed by atoms with E-state index < -0.39 is 5.97 Å². The number of amides is 2. The van der Waals surface area contributed by atoms with Crippen LogP contribution in [0.5, 0.6) is 0 Å². The van der Waals surface area contributed by atoms with Gasteiger partial charge in [0.15, 0.2) is 12.4 Å². The summed E-state index contributed by atoms with van der Waals surface area (Å²) in [4.78, 5) is 50.7. The zero-order valence-electron chi connectivity index (χ0n) is 16.3. The van der Waals surface area contributed by atoms with E-state index in [1.54, 1.807) is 12.1 Å². The summed E-state index contributed by atoms with van der Waals surface area (Å²) >= 11 is 0. The number of Topliss-reactive ketones (excluding diaryl/α,β-unsaturated/α-hetero) is 1. The lowest BCUT2D eigenvalue weighted by atomic mass is 9.81. The lowest BCUT2D eigenvalue weighted by Crippen LogP contribution is -2.35. The Morgan fingerprint density at radius 1 is 1.04 bits per heavy atom. The molecule has 148 valence electrons. The third-order valence-electron chi connectivity index (χ3n) is 6.75. The number of likely N-dealkylation sites (tertiary alicyclic amines) is 1. The fourth-order valence-electron chi connectivity index (χ4n) is 5.11. The van der Waals surface area contributed by atoms with Crippen LogP contribution in [0.2, 0.25) is 0 Å². The summed E-state index contributed by atoms with van der Waals surface area (Å²) in [7, 11) is 0. The van der Waals surface area contributed by atoms with Crippen molar-refractivity contribution < 1.29 is 23.9 Å². The van der Waals surface area contributed by atoms with Crippen molar-refractivity contribution in [1.82, 2.24) is 4.90 Å². The average Bonchev–Trinajstić information content (AvgIpc) is 3.35. The molecule has 2 amide bonds. The van der Waals surface area contributed by atoms with Gasteiger partial charge in [-0.1, -0.05) is 12.1 Å². The molecule has 2 bridgehead atoms. The van der Waals surface area contributed by atoms with E-state index in [0.29, 0.717) is 17.4 Å². The van der Waals surface area contributed by atoms with Crippen LogP contribution in [0.1, 0.15) is 47.2 Å². The number of aryl methyl sites for hydroxylation is 2. The fourth-order valence-corrected chi connectivity index (χ4v) is 5.11. The van der Waals surface area contributed by atoms with Crippen LogP contribution in [0.4, 0.5) is 0 Å². The molecule has 2 saturated carbocycles. The number of esters is 1. The van der Waals surface area contributed by atoms with Crippen LogP contribution in [-0.4, -0.2) is 41.6 Å². The summed E-state index contributed by atoms with van der Waals surface area (Å²) in [6, 6.07) is 5.35. The number of hydrogen-bond acceptors (Lipinski definition) is 5. The van der Waals surface area contributed by atoms with E-state index in [4.69, 9.17) is 4.74 Å². The second-order valence-electron chi connectivity index (χ2n) is 8.35. The first-order chi connectivity index (χ1) is 13.4. The van der Waals surface area contributed by atoms with Gasteiger partial charge in [-0.2, -0.15) is 0 Å². The summed E-state index contributed by atoms with van der Waals surface area (Å²) in [5.41, 5.74) is 2.60. The van der Waals surface area contributed by atoms with E-state index in [9.17, 15) is 19.2 Å². The van der Waals surface area contributed by atoms with Gasteiger partial charge in [0.1, 0.15) is 0 Å². The van der Waals surface area contributed by atoms with Gasteiger partial charge in [0, 0.05) is 12.1 Å². The maximum Gasteiger partial charge on any atom is 0.308 e. The van der Waals surface area contributed by atoms with Crippen molar-refractivity contribution in [3.05, 3.63) is 34.9 Å². The van der Waals surface area contributed by atoms with Gasteiger partial charge in [-0.3, -0.25) is 24.1 Å². The smallest absolute Gasteiger partial charge is 0.308 e. The molecule has 4 atom stereocenters. The molecule has 2 aliphatic carbocycles. The Balaban J connectivity index is 1.28. The Morgan fingerprint density at radius 2 is 1.68 bits per heavy atom. The molecule has 1 heterocycles. The van der Waals surface area contributed by atoms with E-state index in [1.165, 1.54) is 4.90 Å². The van der Waals surface area contributed by atoms with Crippen molar-refractivity contribution in [2.45, 2.75) is 39.5 Å². The first-order valence-electron chi connectivity index (χ1n) is 9.98. The molecular formula is C22H25NO5. The van der Waals surface area contributed by atoms with E-state index in [0.717, 1.165) is 30.4 Å². The molecule has 1 aromatic carbocycles. The number of benzene rings is 1. The van der Waals surface area contributed by atoms with Crippen LogP contribution < -0.4 is 0 Å². The Kier molecular flexibility index (Phi) is 4.81. The largest absolute Gasteiger partial charge is 0.457 e. The highest BCUT2D eigenvalue weighted by molar-refractivity contribution is 6.06. The van der Waals surface area contributed by atoms with Crippen LogP contribution in [0.25, 0.3) is 0 Å². The molecule has 0 N–H and O–H groups in total. The van der Waals surface area contributed by atoms with Gasteiger partial charge >= 0.3 is 5.97 Å². The minimum Gasteiger partial charge on any atom is -0.457 e. The van der Waals surface area contributed by atoms with Crippen molar-refractivity contribution in [2.75, 3.05) is 13.2 Å². The summed E-state index contributed by atoms with van der Waals surface area (Å²) in [5, 5.41) is 0. The highest BCUT2D eigenvalue weighted by Gasteiger charge is 2.60. The van der Waals surface area contributed by atoms with Gasteiger partial charge in [0.05, 0.1) is 18.3 Å². The Morgan fingerprint density at radius 3 is 2.29 bits per heavy atom. The summed E-state index contributed by atoms with van der Waals surface area (Å²) in [6.45, 7) is 3.59. The number of carbonyl (C=O) groups is 4. The molecule has 1 aliphatic heterocycles. The molecular weight excluding hydrogens is 358 g/mol. The molecule has 6 nitrogen and oxygen atoms in total. The summed E-state index contributed by atoms with van der Waals surface area (Å²) in [5.74, 6) is -0.767. The first-order valence-corrected chi connectivity index (χ1v) is 9.98. The van der Waals surface area contributed by atoms with Crippen LogP contribution >= 0.6 is 0 Å². The highest BCUT2D eigenvalue weighted by Crippen LogP contribution is 2.56. The zero-order chi connectivity index (χ0) is 20.0. The number of fused-ring (bicyclic) bond motifs is 5. The van der Waals surface area contributed by atoms with Gasteiger partial charge in [-0.25, -0.2) is 0 Å². The lowest BCUT2D eigenvalue weighted by Gasteiger charge is -2.19. The van der Waals surface area contributed by atoms with E-state index in [2.05, 4.69) is 0 Å². The number of nitrogens with zero attached hydrogens (tertiary/aromatic N) is 1. The maximum atomic E-state index is 12.6. The molecule has 0 spiro atoms. The van der Waals surface area contributed by atoms with Gasteiger partial charge < -0.3 is 4.74 Å². The van der Waals surface area contributed by atoms with E-state index in [-0.39, 0.29) is 49.0 Å². The quantitative estimate of drug-likeness (QED) is 0.428. The molecule has 0 unspecified atom stereocenters. The van der Waals surface area contributed by atoms with Crippen molar-refractivity contribution in [1.29, 1.82) is 0 Å². The van der Waals surface area contributed by atoms with Crippen LogP contribution in [0.3, 0.4) is 0 Å². The Hall–Kier alpha value is -2.50. The van der Waals surface area contributed by atoms with Crippen LogP contribution in [0.15, 0.2) is 18.2 Å². The normalized spacial score (nSPS) is 28.0. The topological polar surface area (TPSA) is 80.8 Å². The molecule has 1 saturated heterocycles. The summed E-state index contributed by atoms with van der Waals surface area (Å²) < 4.78 is 5.07. The van der Waals surface area contributed by atoms with Gasteiger partial charge in [0.25, 0.3) is 0 Å². The Bertz CT molecular complexity index is 832. The van der Waals surface area contributed by atoms with Crippen molar-refractivity contribution in [3.63, 3.8) is 0 Å². The third-order valence-corrected chi connectivity index (χ3v) is 6.75. The first kappa shape index (κ1) is 18.8. The third kappa shape index (κ3) is 3.15. The molecule has 28 heavy (non-hydrogen) atoms. The number of ether oxygens (including phenoxy) is 1. The van der Waals surface area contributed by atoms with Gasteiger partial charge in [-0.15, -0.1) is 0 Å². The molecule has 4 rings (SSSR count). The number of hydrogen-bond donors (Lipinski definition) is 0. The average molecular weight is 383 g/mol. The highest BCUT2D eigenvalue weighted by atomic mass is 16.5. The molecule has 3 fully saturated rings. The standard InChI is InChI=1S/C22H25NO5/c1-12-3-4-14(9-13(12)2)17(24)11-28-18(25)7-8-23-21(26)19-15-5-6-16(10-15)20(19)22(23)27/h3-4,9,15-16,19-20H,5-8,10-11H2,1-2H3/t15-,16-,19-,20+/m0/s1. The van der Waals surface area contributed by atoms with Crippen molar-refractivity contribution >= 4 is 23.6 Å². The predicted molar refractivity (Wildman–Crippen MR) is 100 cm³/mol. The lowest BCUT2D eigenvalue weighted by molar-refractivity contribution is -0.145. The second-order valence-corrected chi connectivity index (χ2v) is 8.35. The van der Waals surface area contributed by atoms with Crippen LogP contribution in [0, 0.1) is 37.5 Å². The monoisotopic (exact) mass is 383 g/mol. The molecule has 0 aromatic heterocycles. The molecule has 3 aliphatic rings. The second kappa shape index (κ2) is 7.15. The SMILES string of the molecule is Cc1ccc(C(=O)COC(=O)CCN2C(=O)[C@@H]3[C@H]4CC[C@@H](C4)[C@@H]3C2=O)cc1C. The van der Waals surface area contributed by atoms with E-state index in [1.807, 2.05) is 19.9 Å².